The predicted octanol–water partition coefficient (Wildman–Crippen LogP) is -2.32. The van der Waals surface area contributed by atoms with Crippen LogP contribution in [-0.4, -0.2) is 69.4 Å². The molecule has 132 valence electrons. The van der Waals surface area contributed by atoms with Crippen LogP contribution in [0.15, 0.2) is 12.7 Å². The number of nitrogens with one attached hydrogen (secondary N) is 1. The van der Waals surface area contributed by atoms with E-state index in [0.717, 1.165) is 6.33 Å². The van der Waals surface area contributed by atoms with Crippen LogP contribution in [0.2, 0.25) is 0 Å². The Bertz CT molecular complexity index is 861. The number of aromatic nitrogens is 4. The monoisotopic (exact) mass is 363 g/mol. The minimum absolute atomic E-state index is 0.0280. The number of aliphatic hydroxyl groups is 2. The summed E-state index contributed by atoms with van der Waals surface area (Å²) in [6, 6.07) is 0. The molecule has 1 fully saturated rings. The van der Waals surface area contributed by atoms with Gasteiger partial charge in [0.2, 0.25) is 0 Å². The minimum Gasteiger partial charge on any atom is -0.425 e. The van der Waals surface area contributed by atoms with E-state index in [4.69, 9.17) is 19.9 Å². The molecule has 1 aliphatic heterocycles. The van der Waals surface area contributed by atoms with E-state index in [-0.39, 0.29) is 16.7 Å². The van der Waals surface area contributed by atoms with Crippen LogP contribution in [0.5, 0.6) is 0 Å². The normalized spacial score (nSPS) is 27.8. The van der Waals surface area contributed by atoms with Gasteiger partial charge in [0.15, 0.2) is 22.9 Å². The quantitative estimate of drug-likeness (QED) is 0.253. The van der Waals surface area contributed by atoms with E-state index < -0.39 is 39.0 Å². The van der Waals surface area contributed by atoms with Crippen molar-refractivity contribution in [3.05, 3.63) is 18.1 Å². The van der Waals surface area contributed by atoms with E-state index in [0.29, 0.717) is 4.73 Å². The Morgan fingerprint density at radius 3 is 2.67 bits per heavy atom. The fraction of sp³-hybridized carbons (Fsp3) is 0.500. The molecular weight excluding hydrogens is 349 g/mol. The van der Waals surface area contributed by atoms with Gasteiger partial charge in [0, 0.05) is 0 Å². The molecule has 0 aromatic carbocycles. The molecule has 14 heteroatoms. The molecule has 2 aromatic heterocycles. The molecule has 0 aliphatic carbocycles. The largest absolute Gasteiger partial charge is 0.469 e. The first-order chi connectivity index (χ1) is 11.2. The van der Waals surface area contributed by atoms with Gasteiger partial charge in [0.1, 0.15) is 24.6 Å². The summed E-state index contributed by atoms with van der Waals surface area (Å²) >= 11 is 0. The first kappa shape index (κ1) is 17.0. The zero-order chi connectivity index (χ0) is 17.6. The number of phosphoric acid groups is 1. The van der Waals surface area contributed by atoms with Crippen molar-refractivity contribution in [1.82, 2.24) is 19.3 Å². The van der Waals surface area contributed by atoms with E-state index in [2.05, 4.69) is 14.5 Å². The summed E-state index contributed by atoms with van der Waals surface area (Å²) in [4.78, 5) is 25.2. The second-order valence-electron chi connectivity index (χ2n) is 5.09. The molecule has 0 amide bonds. The third kappa shape index (κ3) is 2.93. The van der Waals surface area contributed by atoms with Gasteiger partial charge < -0.3 is 29.9 Å². The molecule has 2 aromatic rings. The highest BCUT2D eigenvalue weighted by Crippen LogP contribution is 2.38. The fourth-order valence-corrected chi connectivity index (χ4v) is 2.72. The smallest absolute Gasteiger partial charge is 0.425 e. The van der Waals surface area contributed by atoms with Crippen LogP contribution in [0.3, 0.4) is 0 Å². The van der Waals surface area contributed by atoms with Gasteiger partial charge >= 0.3 is 7.82 Å². The van der Waals surface area contributed by atoms with Crippen LogP contribution < -0.4 is 5.49 Å². The van der Waals surface area contributed by atoms with Gasteiger partial charge in [0.05, 0.1) is 12.9 Å². The van der Waals surface area contributed by atoms with Gasteiger partial charge in [-0.3, -0.25) is 14.5 Å². The second kappa shape index (κ2) is 5.89. The highest BCUT2D eigenvalue weighted by atomic mass is 31.2. The highest BCUT2D eigenvalue weighted by molar-refractivity contribution is 7.46. The first-order valence-electron chi connectivity index (χ1n) is 6.59. The van der Waals surface area contributed by atoms with Crippen molar-refractivity contribution in [3.63, 3.8) is 0 Å². The third-order valence-electron chi connectivity index (χ3n) is 3.53. The molecule has 3 rings (SSSR count). The van der Waals surface area contributed by atoms with Crippen LogP contribution in [0, 0.1) is 5.41 Å². The van der Waals surface area contributed by atoms with Gasteiger partial charge in [-0.05, 0) is 0 Å². The molecule has 24 heavy (non-hydrogen) atoms. The van der Waals surface area contributed by atoms with E-state index in [9.17, 15) is 20.0 Å². The van der Waals surface area contributed by atoms with Crippen molar-refractivity contribution >= 4 is 19.0 Å². The van der Waals surface area contributed by atoms with E-state index in [1.807, 2.05) is 0 Å². The Hall–Kier alpha value is -1.86. The summed E-state index contributed by atoms with van der Waals surface area (Å²) in [5.41, 5.74) is -0.202. The van der Waals surface area contributed by atoms with Gasteiger partial charge in [-0.15, -0.1) is 0 Å². The Morgan fingerprint density at radius 2 is 2.00 bits per heavy atom. The number of nitrogens with zero attached hydrogens (tertiary/aromatic N) is 4. The average Bonchev–Trinajstić information content (AvgIpc) is 3.04. The lowest BCUT2D eigenvalue weighted by Gasteiger charge is -2.16. The number of hydrogen-bond acceptors (Lipinski definition) is 9. The summed E-state index contributed by atoms with van der Waals surface area (Å²) in [5.74, 6) is 0. The van der Waals surface area contributed by atoms with Crippen LogP contribution in [0.1, 0.15) is 6.23 Å². The lowest BCUT2D eigenvalue weighted by molar-refractivity contribution is -0.0504. The van der Waals surface area contributed by atoms with Crippen LogP contribution in [0.4, 0.5) is 0 Å². The molecule has 13 nitrogen and oxygen atoms in total. The Labute approximate surface area is 133 Å². The molecule has 1 unspecified atom stereocenters. The topological polar surface area (TPSA) is 196 Å². The number of aliphatic hydroxyl groups excluding tert-OH is 2. The summed E-state index contributed by atoms with van der Waals surface area (Å²) in [5, 5.41) is 37.1. The predicted molar refractivity (Wildman–Crippen MR) is 72.5 cm³/mol. The number of imidazole rings is 1. The van der Waals surface area contributed by atoms with Gasteiger partial charge in [-0.25, -0.2) is 14.5 Å². The van der Waals surface area contributed by atoms with Crippen molar-refractivity contribution in [2.45, 2.75) is 24.5 Å². The number of rotatable bonds is 4. The van der Waals surface area contributed by atoms with E-state index in [1.165, 1.54) is 10.9 Å². The first-order valence-corrected chi connectivity index (χ1v) is 8.12. The zero-order valence-corrected chi connectivity index (χ0v) is 12.8. The summed E-state index contributed by atoms with van der Waals surface area (Å²) in [6.45, 7) is -0.639. The van der Waals surface area contributed by atoms with Crippen LogP contribution >= 0.6 is 7.82 Å². The Balaban J connectivity index is 1.89. The van der Waals surface area contributed by atoms with Crippen molar-refractivity contribution in [2.75, 3.05) is 6.61 Å². The van der Waals surface area contributed by atoms with Crippen molar-refractivity contribution < 1.29 is 39.0 Å². The summed E-state index contributed by atoms with van der Waals surface area (Å²) in [6.07, 6.45) is -3.14. The Kier molecular flexibility index (Phi) is 4.17. The number of phosphoric ester groups is 1. The molecule has 6 N–H and O–H groups in total. The number of ether oxygens (including phenoxy) is 1. The molecule has 1 aliphatic rings. The number of fused-ring (bicyclic) bond motifs is 1. The molecule has 0 spiro atoms. The molecular formula is C10H14N5O8P. The van der Waals surface area contributed by atoms with E-state index in [1.54, 1.807) is 0 Å². The lowest BCUT2D eigenvalue weighted by atomic mass is 10.1. The number of hydrogen-bond donors (Lipinski definition) is 6. The van der Waals surface area contributed by atoms with Crippen molar-refractivity contribution in [1.29, 1.82) is 5.41 Å². The second-order valence-corrected chi connectivity index (χ2v) is 6.33. The Morgan fingerprint density at radius 1 is 1.29 bits per heavy atom. The van der Waals surface area contributed by atoms with Gasteiger partial charge in [0.25, 0.3) is 0 Å². The molecule has 1 saturated heterocycles. The fourth-order valence-electron chi connectivity index (χ4n) is 2.38. The molecule has 4 atom stereocenters. The van der Waals surface area contributed by atoms with Crippen LogP contribution in [0.25, 0.3) is 11.2 Å². The molecule has 3 heterocycles. The average molecular weight is 363 g/mol. The lowest BCUT2D eigenvalue weighted by Crippen LogP contribution is -2.33. The molecule has 0 bridgehead atoms. The van der Waals surface area contributed by atoms with E-state index >= 15 is 0 Å². The third-order valence-corrected chi connectivity index (χ3v) is 4.01. The van der Waals surface area contributed by atoms with Gasteiger partial charge in [-0.1, -0.05) is 0 Å². The maximum absolute atomic E-state index is 10.7. The summed E-state index contributed by atoms with van der Waals surface area (Å²) < 4.78 is 22.1. The van der Waals surface area contributed by atoms with Gasteiger partial charge in [-0.2, -0.15) is 4.73 Å². The highest BCUT2D eigenvalue weighted by Gasteiger charge is 2.45. The zero-order valence-electron chi connectivity index (χ0n) is 11.9. The standard InChI is InChI=1S/C10H14N5O8P/c11-8-5-9(13-3-15(8)18)14(2-12-5)10-7(17)6(16)4(23-10)1-22-24(19,20)21/h2-4,6-7,10-11,16-18H,1H2,(H2,19,20,21)/t4-,6?,7-,10-/m1/s1. The summed E-state index contributed by atoms with van der Waals surface area (Å²) in [7, 11) is -4.76. The molecule has 0 radical (unpaired) electrons. The maximum Gasteiger partial charge on any atom is 0.469 e. The van der Waals surface area contributed by atoms with Crippen LogP contribution in [-0.2, 0) is 13.8 Å². The molecule has 0 saturated carbocycles. The van der Waals surface area contributed by atoms with Crippen molar-refractivity contribution in [2.24, 2.45) is 0 Å². The van der Waals surface area contributed by atoms with Crippen molar-refractivity contribution in [3.8, 4) is 0 Å². The maximum atomic E-state index is 10.7. The SMILES string of the molecule is N=c1c2ncn([C@@H]3O[C@H](COP(=O)(O)O)C(O)[C@H]3O)c2ncn1O. The minimum atomic E-state index is -4.76.